The number of hydrogen-bond donors (Lipinski definition) is 0. The Morgan fingerprint density at radius 3 is 2.20 bits per heavy atom. The van der Waals surface area contributed by atoms with Crippen LogP contribution in [-0.2, 0) is 4.43 Å². The van der Waals surface area contributed by atoms with Crippen molar-refractivity contribution in [2.75, 3.05) is 0 Å². The van der Waals surface area contributed by atoms with Gasteiger partial charge in [-0.25, -0.2) is 0 Å². The lowest BCUT2D eigenvalue weighted by Gasteiger charge is -2.42. The SMILES string of the molecule is CCCC[C@@H]1CC[C@@H](C(C)(C)C)C(O[Si](C)(C)C)=C1C. The molecule has 0 saturated heterocycles. The Labute approximate surface area is 128 Å². The zero-order valence-corrected chi connectivity index (χ0v) is 16.1. The largest absolute Gasteiger partial charge is 0.547 e. The summed E-state index contributed by atoms with van der Waals surface area (Å²) in [5, 5.41) is 0. The summed E-state index contributed by atoms with van der Waals surface area (Å²) >= 11 is 0. The van der Waals surface area contributed by atoms with Crippen molar-refractivity contribution in [3.8, 4) is 0 Å². The van der Waals surface area contributed by atoms with Crippen LogP contribution in [0.25, 0.3) is 0 Å². The van der Waals surface area contributed by atoms with Crippen molar-refractivity contribution < 1.29 is 4.43 Å². The number of allylic oxidation sites excluding steroid dienone is 2. The van der Waals surface area contributed by atoms with Gasteiger partial charge in [-0.2, -0.15) is 0 Å². The third-order valence-corrected chi connectivity index (χ3v) is 5.32. The van der Waals surface area contributed by atoms with E-state index >= 15 is 0 Å². The minimum atomic E-state index is -1.53. The summed E-state index contributed by atoms with van der Waals surface area (Å²) in [4.78, 5) is 0. The second-order valence-electron chi connectivity index (χ2n) is 8.60. The van der Waals surface area contributed by atoms with E-state index in [1.807, 2.05) is 0 Å². The third kappa shape index (κ3) is 4.94. The molecule has 1 aliphatic rings. The molecule has 0 bridgehead atoms. The Kier molecular flexibility index (Phi) is 5.95. The highest BCUT2D eigenvalue weighted by atomic mass is 28.4. The van der Waals surface area contributed by atoms with Crippen molar-refractivity contribution >= 4 is 8.32 Å². The third-order valence-electron chi connectivity index (χ3n) is 4.49. The van der Waals surface area contributed by atoms with Crippen molar-refractivity contribution in [2.45, 2.75) is 86.4 Å². The molecule has 0 unspecified atom stereocenters. The van der Waals surface area contributed by atoms with Gasteiger partial charge >= 0.3 is 0 Å². The highest BCUT2D eigenvalue weighted by Gasteiger charge is 2.37. The minimum Gasteiger partial charge on any atom is -0.547 e. The van der Waals surface area contributed by atoms with Crippen LogP contribution < -0.4 is 0 Å². The zero-order valence-electron chi connectivity index (χ0n) is 15.1. The molecule has 0 heterocycles. The topological polar surface area (TPSA) is 9.23 Å². The van der Waals surface area contributed by atoms with Crippen molar-refractivity contribution in [1.29, 1.82) is 0 Å². The van der Waals surface area contributed by atoms with Crippen LogP contribution in [0.3, 0.4) is 0 Å². The summed E-state index contributed by atoms with van der Waals surface area (Å²) in [6.45, 7) is 18.7. The van der Waals surface area contributed by atoms with Crippen LogP contribution >= 0.6 is 0 Å². The van der Waals surface area contributed by atoms with Gasteiger partial charge in [0, 0.05) is 5.92 Å². The molecule has 0 aromatic heterocycles. The first-order valence-corrected chi connectivity index (χ1v) is 11.9. The number of hydrogen-bond acceptors (Lipinski definition) is 1. The van der Waals surface area contributed by atoms with Gasteiger partial charge in [0.1, 0.15) is 0 Å². The molecular weight excluding hydrogens is 260 g/mol. The predicted octanol–water partition coefficient (Wildman–Crippen LogP) is 6.37. The molecule has 118 valence electrons. The van der Waals surface area contributed by atoms with E-state index in [0.717, 1.165) is 5.92 Å². The molecule has 0 saturated carbocycles. The molecule has 0 aromatic carbocycles. The van der Waals surface area contributed by atoms with Crippen LogP contribution in [0.15, 0.2) is 11.3 Å². The maximum atomic E-state index is 6.56. The van der Waals surface area contributed by atoms with Gasteiger partial charge < -0.3 is 4.43 Å². The Morgan fingerprint density at radius 1 is 1.15 bits per heavy atom. The van der Waals surface area contributed by atoms with Gasteiger partial charge in [0.2, 0.25) is 8.32 Å². The van der Waals surface area contributed by atoms with Crippen molar-refractivity contribution in [3.63, 3.8) is 0 Å². The summed E-state index contributed by atoms with van der Waals surface area (Å²) < 4.78 is 6.56. The van der Waals surface area contributed by atoms with Gasteiger partial charge in [-0.1, -0.05) is 40.5 Å². The maximum absolute atomic E-state index is 6.56. The molecule has 1 aliphatic carbocycles. The molecule has 20 heavy (non-hydrogen) atoms. The quantitative estimate of drug-likeness (QED) is 0.535. The van der Waals surface area contributed by atoms with E-state index in [1.165, 1.54) is 37.9 Å². The van der Waals surface area contributed by atoms with E-state index < -0.39 is 8.32 Å². The number of rotatable bonds is 5. The number of unbranched alkanes of at least 4 members (excludes halogenated alkanes) is 1. The molecule has 0 radical (unpaired) electrons. The van der Waals surface area contributed by atoms with Gasteiger partial charge in [0.25, 0.3) is 0 Å². The molecule has 0 spiro atoms. The van der Waals surface area contributed by atoms with E-state index in [1.54, 1.807) is 5.57 Å². The average molecular weight is 297 g/mol. The Hall–Kier alpha value is -0.243. The summed E-state index contributed by atoms with van der Waals surface area (Å²) in [6, 6.07) is 0. The first kappa shape index (κ1) is 17.8. The molecule has 1 rings (SSSR count). The molecule has 2 heteroatoms. The van der Waals surface area contributed by atoms with Crippen LogP contribution in [0.5, 0.6) is 0 Å². The van der Waals surface area contributed by atoms with E-state index in [2.05, 4.69) is 54.3 Å². The van der Waals surface area contributed by atoms with Gasteiger partial charge in [0.15, 0.2) is 0 Å². The fourth-order valence-corrected chi connectivity index (χ4v) is 4.27. The molecule has 0 fully saturated rings. The highest BCUT2D eigenvalue weighted by molar-refractivity contribution is 6.70. The summed E-state index contributed by atoms with van der Waals surface area (Å²) in [7, 11) is -1.53. The van der Waals surface area contributed by atoms with E-state index in [0.29, 0.717) is 11.3 Å². The highest BCUT2D eigenvalue weighted by Crippen LogP contribution is 2.45. The van der Waals surface area contributed by atoms with Crippen LogP contribution in [0.1, 0.15) is 66.7 Å². The van der Waals surface area contributed by atoms with Gasteiger partial charge in [-0.3, -0.25) is 0 Å². The van der Waals surface area contributed by atoms with E-state index in [9.17, 15) is 0 Å². The first-order chi connectivity index (χ1) is 9.06. The molecule has 0 aromatic rings. The van der Waals surface area contributed by atoms with Crippen LogP contribution in [0.4, 0.5) is 0 Å². The summed E-state index contributed by atoms with van der Waals surface area (Å²) in [5.74, 6) is 2.73. The normalized spacial score (nSPS) is 25.0. The molecule has 2 atom stereocenters. The minimum absolute atomic E-state index is 0.311. The Bertz CT molecular complexity index is 343. The van der Waals surface area contributed by atoms with Crippen LogP contribution in [-0.4, -0.2) is 8.32 Å². The lowest BCUT2D eigenvalue weighted by molar-refractivity contribution is 0.164. The summed E-state index contributed by atoms with van der Waals surface area (Å²) in [6.07, 6.45) is 6.65. The second-order valence-corrected chi connectivity index (χ2v) is 13.0. The molecular formula is C18H36OSi. The van der Waals surface area contributed by atoms with Crippen LogP contribution in [0.2, 0.25) is 19.6 Å². The standard InChI is InChI=1S/C18H36OSi/c1-9-10-11-15-12-13-16(18(3,4)5)17(14(15)2)19-20(6,7)8/h15-16H,9-13H2,1-8H3/t15-,16-/m1/s1. The lowest BCUT2D eigenvalue weighted by atomic mass is 9.69. The second kappa shape index (κ2) is 6.68. The van der Waals surface area contributed by atoms with Gasteiger partial charge in [-0.05, 0) is 62.7 Å². The molecule has 0 N–H and O–H groups in total. The molecule has 0 amide bonds. The lowest BCUT2D eigenvalue weighted by Crippen LogP contribution is -2.35. The van der Waals surface area contributed by atoms with Crippen molar-refractivity contribution in [1.82, 2.24) is 0 Å². The smallest absolute Gasteiger partial charge is 0.241 e. The van der Waals surface area contributed by atoms with E-state index in [4.69, 9.17) is 4.43 Å². The Balaban J connectivity index is 3.04. The van der Waals surface area contributed by atoms with Gasteiger partial charge in [-0.15, -0.1) is 0 Å². The average Bonchev–Trinajstić information content (AvgIpc) is 2.27. The molecule has 1 nitrogen and oxygen atoms in total. The fourth-order valence-electron chi connectivity index (χ4n) is 3.31. The predicted molar refractivity (Wildman–Crippen MR) is 92.3 cm³/mol. The monoisotopic (exact) mass is 296 g/mol. The Morgan fingerprint density at radius 2 is 1.75 bits per heavy atom. The van der Waals surface area contributed by atoms with Crippen LogP contribution in [0, 0.1) is 17.3 Å². The van der Waals surface area contributed by atoms with Crippen molar-refractivity contribution in [2.24, 2.45) is 17.3 Å². The fraction of sp³-hybridized carbons (Fsp3) is 0.889. The molecule has 0 aliphatic heterocycles. The summed E-state index contributed by atoms with van der Waals surface area (Å²) in [5.41, 5.74) is 1.87. The zero-order chi connectivity index (χ0) is 15.6. The maximum Gasteiger partial charge on any atom is 0.241 e. The van der Waals surface area contributed by atoms with Crippen molar-refractivity contribution in [3.05, 3.63) is 11.3 Å². The van der Waals surface area contributed by atoms with Gasteiger partial charge in [0.05, 0.1) is 5.76 Å². The first-order valence-electron chi connectivity index (χ1n) is 8.46. The van der Waals surface area contributed by atoms with E-state index in [-0.39, 0.29) is 0 Å².